The van der Waals surface area contributed by atoms with Crippen LogP contribution in [-0.4, -0.2) is 14.3 Å². The molecule has 78 valence electrons. The van der Waals surface area contributed by atoms with Gasteiger partial charge in [0.15, 0.2) is 11.5 Å². The summed E-state index contributed by atoms with van der Waals surface area (Å²) < 4.78 is 15.2. The van der Waals surface area contributed by atoms with Crippen LogP contribution in [0.4, 0.5) is 10.1 Å². The van der Waals surface area contributed by atoms with Gasteiger partial charge >= 0.3 is 0 Å². The minimum Gasteiger partial charge on any atom is -0.285 e. The first-order valence-corrected chi connectivity index (χ1v) is 4.78. The number of hydrogen-bond acceptors (Lipinski definition) is 3. The molecule has 0 radical (unpaired) electrons. The van der Waals surface area contributed by atoms with Gasteiger partial charge in [-0.1, -0.05) is 0 Å². The Balaban J connectivity index is 2.85. The highest BCUT2D eigenvalue weighted by molar-refractivity contribution is 9.10. The third-order valence-corrected chi connectivity index (χ3v) is 2.93. The van der Waals surface area contributed by atoms with Gasteiger partial charge in [0, 0.05) is 0 Å². The van der Waals surface area contributed by atoms with Gasteiger partial charge in [-0.15, -0.1) is 0 Å². The van der Waals surface area contributed by atoms with Crippen LogP contribution in [0.5, 0.6) is 0 Å². The summed E-state index contributed by atoms with van der Waals surface area (Å²) in [5.74, 6) is -0.710. The Hall–Kier alpha value is -1.50. The lowest BCUT2D eigenvalue weighted by Gasteiger charge is -1.97. The first kappa shape index (κ1) is 10.0. The standard InChI is InChI=1S/C8H5BrFN3O2/c1-4-7(9)12-3-5(13(14)15)2-6(10)8(12)11-4/h2-3H,1H3. The molecule has 0 aliphatic rings. The van der Waals surface area contributed by atoms with Gasteiger partial charge in [0.05, 0.1) is 22.9 Å². The molecule has 0 bridgehead atoms. The second kappa shape index (κ2) is 3.27. The van der Waals surface area contributed by atoms with Gasteiger partial charge in [-0.3, -0.25) is 14.5 Å². The zero-order valence-corrected chi connectivity index (χ0v) is 9.15. The summed E-state index contributed by atoms with van der Waals surface area (Å²) in [6.45, 7) is 1.68. The Morgan fingerprint density at radius 2 is 2.33 bits per heavy atom. The van der Waals surface area contributed by atoms with Crippen molar-refractivity contribution in [3.8, 4) is 0 Å². The molecule has 0 atom stereocenters. The number of pyridine rings is 1. The molecule has 0 amide bonds. The van der Waals surface area contributed by atoms with Crippen LogP contribution in [0.1, 0.15) is 5.69 Å². The fraction of sp³-hybridized carbons (Fsp3) is 0.125. The molecule has 0 aromatic carbocycles. The topological polar surface area (TPSA) is 60.4 Å². The Kier molecular flexibility index (Phi) is 2.18. The van der Waals surface area contributed by atoms with Crippen molar-refractivity contribution in [2.24, 2.45) is 0 Å². The summed E-state index contributed by atoms with van der Waals surface area (Å²) in [7, 11) is 0. The van der Waals surface area contributed by atoms with Gasteiger partial charge in [0.25, 0.3) is 5.69 Å². The predicted octanol–water partition coefficient (Wildman–Crippen LogP) is 2.45. The lowest BCUT2D eigenvalue weighted by molar-refractivity contribution is -0.385. The Labute approximate surface area is 91.8 Å². The average molecular weight is 274 g/mol. The smallest absolute Gasteiger partial charge is 0.285 e. The summed E-state index contributed by atoms with van der Waals surface area (Å²) in [6.07, 6.45) is 1.22. The van der Waals surface area contributed by atoms with Crippen LogP contribution in [0, 0.1) is 22.9 Å². The maximum absolute atomic E-state index is 13.4. The number of nitro groups is 1. The molecule has 0 saturated carbocycles. The molecule has 0 aliphatic heterocycles. The van der Waals surface area contributed by atoms with Crippen molar-refractivity contribution >= 4 is 27.3 Å². The van der Waals surface area contributed by atoms with Crippen molar-refractivity contribution in [2.45, 2.75) is 6.92 Å². The second-order valence-electron chi connectivity index (χ2n) is 2.98. The molecule has 15 heavy (non-hydrogen) atoms. The molecule has 2 aromatic rings. The average Bonchev–Trinajstić information content (AvgIpc) is 2.45. The molecular formula is C8H5BrFN3O2. The van der Waals surface area contributed by atoms with Crippen molar-refractivity contribution in [1.29, 1.82) is 0 Å². The molecule has 2 aromatic heterocycles. The molecule has 2 heterocycles. The molecule has 7 heteroatoms. The summed E-state index contributed by atoms with van der Waals surface area (Å²) >= 11 is 3.18. The molecule has 0 unspecified atom stereocenters. The van der Waals surface area contributed by atoms with E-state index in [-0.39, 0.29) is 11.3 Å². The van der Waals surface area contributed by atoms with Crippen LogP contribution in [0.15, 0.2) is 16.9 Å². The Morgan fingerprint density at radius 3 is 2.93 bits per heavy atom. The number of aromatic nitrogens is 2. The van der Waals surface area contributed by atoms with E-state index in [0.29, 0.717) is 10.3 Å². The van der Waals surface area contributed by atoms with Crippen molar-refractivity contribution in [2.75, 3.05) is 0 Å². The minimum absolute atomic E-state index is 0.0741. The van der Waals surface area contributed by atoms with E-state index < -0.39 is 10.7 Å². The molecule has 0 aliphatic carbocycles. The number of nitrogens with zero attached hydrogens (tertiary/aromatic N) is 3. The molecule has 0 spiro atoms. The van der Waals surface area contributed by atoms with Crippen molar-refractivity contribution in [3.63, 3.8) is 0 Å². The van der Waals surface area contributed by atoms with Crippen LogP contribution in [0.25, 0.3) is 5.65 Å². The Morgan fingerprint density at radius 1 is 1.67 bits per heavy atom. The van der Waals surface area contributed by atoms with E-state index in [2.05, 4.69) is 20.9 Å². The van der Waals surface area contributed by atoms with E-state index >= 15 is 0 Å². The van der Waals surface area contributed by atoms with Gasteiger partial charge in [-0.25, -0.2) is 9.37 Å². The minimum atomic E-state index is -0.710. The van der Waals surface area contributed by atoms with Gasteiger partial charge < -0.3 is 0 Å². The highest BCUT2D eigenvalue weighted by Gasteiger charge is 2.16. The van der Waals surface area contributed by atoms with Crippen molar-refractivity contribution in [1.82, 2.24) is 9.38 Å². The summed E-state index contributed by atoms with van der Waals surface area (Å²) in [6, 6.07) is 0.855. The maximum atomic E-state index is 13.4. The molecule has 0 saturated heterocycles. The molecule has 0 N–H and O–H groups in total. The third-order valence-electron chi connectivity index (χ3n) is 1.97. The van der Waals surface area contributed by atoms with Gasteiger partial charge in [0.2, 0.25) is 0 Å². The van der Waals surface area contributed by atoms with Crippen molar-refractivity contribution in [3.05, 3.63) is 38.5 Å². The highest BCUT2D eigenvalue weighted by Crippen LogP contribution is 2.23. The van der Waals surface area contributed by atoms with Crippen molar-refractivity contribution < 1.29 is 9.31 Å². The number of fused-ring (bicyclic) bond motifs is 1. The van der Waals surface area contributed by atoms with E-state index in [4.69, 9.17) is 0 Å². The molecule has 0 fully saturated rings. The zero-order chi connectivity index (χ0) is 11.2. The van der Waals surface area contributed by atoms with Crippen LogP contribution >= 0.6 is 15.9 Å². The predicted molar refractivity (Wildman–Crippen MR) is 54.2 cm³/mol. The second-order valence-corrected chi connectivity index (χ2v) is 3.74. The van der Waals surface area contributed by atoms with Crippen LogP contribution < -0.4 is 0 Å². The normalized spacial score (nSPS) is 10.9. The number of aryl methyl sites for hydroxylation is 1. The fourth-order valence-electron chi connectivity index (χ4n) is 1.28. The number of hydrogen-bond donors (Lipinski definition) is 0. The summed E-state index contributed by atoms with van der Waals surface area (Å²) in [4.78, 5) is 13.8. The Bertz CT molecular complexity index is 567. The quantitative estimate of drug-likeness (QED) is 0.592. The molecule has 5 nitrogen and oxygen atoms in total. The SMILES string of the molecule is Cc1nc2c(F)cc([N+](=O)[O-])cn2c1Br. The van der Waals surface area contributed by atoms with E-state index in [0.717, 1.165) is 6.07 Å². The van der Waals surface area contributed by atoms with Crippen LogP contribution in [0.2, 0.25) is 0 Å². The first-order valence-electron chi connectivity index (χ1n) is 3.99. The van der Waals surface area contributed by atoms with E-state index in [9.17, 15) is 14.5 Å². The van der Waals surface area contributed by atoms with E-state index in [1.54, 1.807) is 6.92 Å². The summed E-state index contributed by atoms with van der Waals surface area (Å²) in [5, 5.41) is 10.5. The number of imidazole rings is 1. The third kappa shape index (κ3) is 1.48. The number of halogens is 2. The maximum Gasteiger partial charge on any atom is 0.288 e. The van der Waals surface area contributed by atoms with Gasteiger partial charge in [-0.2, -0.15) is 0 Å². The molecular weight excluding hydrogens is 269 g/mol. The lowest BCUT2D eigenvalue weighted by Crippen LogP contribution is -1.95. The van der Waals surface area contributed by atoms with Crippen LogP contribution in [0.3, 0.4) is 0 Å². The monoisotopic (exact) mass is 273 g/mol. The lowest BCUT2D eigenvalue weighted by atomic mass is 10.4. The zero-order valence-electron chi connectivity index (χ0n) is 7.57. The summed E-state index contributed by atoms with van der Waals surface area (Å²) in [5.41, 5.74) is 0.345. The highest BCUT2D eigenvalue weighted by atomic mass is 79.9. The first-order chi connectivity index (χ1) is 7.00. The number of rotatable bonds is 1. The van der Waals surface area contributed by atoms with Crippen LogP contribution in [-0.2, 0) is 0 Å². The largest absolute Gasteiger partial charge is 0.288 e. The van der Waals surface area contributed by atoms with E-state index in [1.807, 2.05) is 0 Å². The van der Waals surface area contributed by atoms with Gasteiger partial charge in [-0.05, 0) is 22.9 Å². The van der Waals surface area contributed by atoms with E-state index in [1.165, 1.54) is 10.6 Å². The van der Waals surface area contributed by atoms with Gasteiger partial charge in [0.1, 0.15) is 4.60 Å². The molecule has 2 rings (SSSR count). The fourth-order valence-corrected chi connectivity index (χ4v) is 1.64.